The minimum atomic E-state index is -3.91. The molecule has 1 aliphatic rings. The maximum atomic E-state index is 13.3. The van der Waals surface area contributed by atoms with E-state index in [1.807, 2.05) is 30.0 Å². The summed E-state index contributed by atoms with van der Waals surface area (Å²) >= 11 is 0. The van der Waals surface area contributed by atoms with Crippen LogP contribution >= 0.6 is 0 Å². The third kappa shape index (κ3) is 5.03. The quantitative estimate of drug-likeness (QED) is 0.399. The number of halogens is 1. The van der Waals surface area contributed by atoms with Crippen LogP contribution in [0.15, 0.2) is 77.7 Å². The Morgan fingerprint density at radius 2 is 1.47 bits per heavy atom. The van der Waals surface area contributed by atoms with Gasteiger partial charge in [-0.15, -0.1) is 0 Å². The van der Waals surface area contributed by atoms with E-state index in [2.05, 4.69) is 14.6 Å². The van der Waals surface area contributed by atoms with Crippen molar-refractivity contribution in [1.82, 2.24) is 9.97 Å². The molecule has 5 rings (SSSR count). The lowest BCUT2D eigenvalue weighted by Crippen LogP contribution is -2.47. The molecule has 0 bridgehead atoms. The predicted octanol–water partition coefficient (Wildman–Crippen LogP) is 4.30. The first kappa shape index (κ1) is 23.8. The van der Waals surface area contributed by atoms with Crippen LogP contribution in [0.5, 0.6) is 5.75 Å². The highest BCUT2D eigenvalue weighted by Crippen LogP contribution is 2.29. The number of benzene rings is 3. The van der Waals surface area contributed by atoms with E-state index in [4.69, 9.17) is 9.72 Å². The van der Waals surface area contributed by atoms with E-state index in [0.29, 0.717) is 55.4 Å². The number of piperazine rings is 1. The number of fused-ring (bicyclic) bond motifs is 1. The molecule has 1 saturated heterocycles. The number of hydrogen-bond acceptors (Lipinski definition) is 7. The second kappa shape index (κ2) is 9.98. The minimum Gasteiger partial charge on any atom is -0.494 e. The van der Waals surface area contributed by atoms with Crippen molar-refractivity contribution < 1.29 is 17.5 Å². The van der Waals surface area contributed by atoms with Crippen LogP contribution in [0.25, 0.3) is 11.0 Å². The van der Waals surface area contributed by atoms with Gasteiger partial charge in [-0.05, 0) is 67.6 Å². The first-order valence-electron chi connectivity index (χ1n) is 11.7. The van der Waals surface area contributed by atoms with Crippen molar-refractivity contribution in [2.75, 3.05) is 47.3 Å². The third-order valence-corrected chi connectivity index (χ3v) is 7.35. The maximum Gasteiger partial charge on any atom is 0.263 e. The summed E-state index contributed by atoms with van der Waals surface area (Å²) in [5.41, 5.74) is 2.21. The monoisotopic (exact) mass is 507 g/mol. The SMILES string of the molecule is CCOc1ccc(S(=O)(=O)Nc2nc3ccccc3nc2N2CCN(c3ccc(F)cc3)CC2)cc1. The Bertz CT molecular complexity index is 1460. The van der Waals surface area contributed by atoms with Gasteiger partial charge in [0.05, 0.1) is 22.5 Å². The van der Waals surface area contributed by atoms with Gasteiger partial charge in [-0.1, -0.05) is 12.1 Å². The van der Waals surface area contributed by atoms with E-state index in [1.54, 1.807) is 30.3 Å². The van der Waals surface area contributed by atoms with Gasteiger partial charge in [-0.2, -0.15) is 0 Å². The molecular formula is C26H26FN5O3S. The van der Waals surface area contributed by atoms with Gasteiger partial charge in [0.1, 0.15) is 11.6 Å². The van der Waals surface area contributed by atoms with Crippen LogP contribution in [-0.4, -0.2) is 51.2 Å². The Balaban J connectivity index is 1.43. The molecule has 0 unspecified atom stereocenters. The highest BCUT2D eigenvalue weighted by atomic mass is 32.2. The van der Waals surface area contributed by atoms with Crippen molar-refractivity contribution >= 4 is 38.4 Å². The molecule has 0 spiro atoms. The van der Waals surface area contributed by atoms with E-state index in [0.717, 1.165) is 5.69 Å². The van der Waals surface area contributed by atoms with Gasteiger partial charge in [0.15, 0.2) is 11.6 Å². The molecule has 2 heterocycles. The van der Waals surface area contributed by atoms with Gasteiger partial charge in [-0.25, -0.2) is 22.8 Å². The average molecular weight is 508 g/mol. The topological polar surface area (TPSA) is 87.7 Å². The molecule has 1 N–H and O–H groups in total. The lowest BCUT2D eigenvalue weighted by atomic mass is 10.2. The van der Waals surface area contributed by atoms with E-state index < -0.39 is 10.0 Å². The predicted molar refractivity (Wildman–Crippen MR) is 139 cm³/mol. The number of anilines is 3. The summed E-state index contributed by atoms with van der Waals surface area (Å²) in [4.78, 5) is 13.7. The minimum absolute atomic E-state index is 0.105. The highest BCUT2D eigenvalue weighted by Gasteiger charge is 2.25. The Morgan fingerprint density at radius 1 is 0.861 bits per heavy atom. The first-order chi connectivity index (χ1) is 17.4. The largest absolute Gasteiger partial charge is 0.494 e. The van der Waals surface area contributed by atoms with Gasteiger partial charge in [0.2, 0.25) is 0 Å². The molecular weight excluding hydrogens is 481 g/mol. The van der Waals surface area contributed by atoms with Gasteiger partial charge < -0.3 is 14.5 Å². The number of para-hydroxylation sites is 2. The van der Waals surface area contributed by atoms with Crippen LogP contribution in [0.4, 0.5) is 21.7 Å². The number of nitrogens with zero attached hydrogens (tertiary/aromatic N) is 4. The standard InChI is InChI=1S/C26H26FN5O3S/c1-2-35-21-11-13-22(14-12-21)36(33,34)30-25-26(29-24-6-4-3-5-23(24)28-25)32-17-15-31(16-18-32)20-9-7-19(27)8-10-20/h3-14H,2,15-18H2,1H3,(H,28,30). The summed E-state index contributed by atoms with van der Waals surface area (Å²) in [5.74, 6) is 0.981. The van der Waals surface area contributed by atoms with E-state index in [1.165, 1.54) is 24.3 Å². The summed E-state index contributed by atoms with van der Waals surface area (Å²) in [7, 11) is -3.91. The lowest BCUT2D eigenvalue weighted by molar-refractivity contribution is 0.340. The number of hydrogen-bond donors (Lipinski definition) is 1. The third-order valence-electron chi connectivity index (χ3n) is 6.00. The molecule has 36 heavy (non-hydrogen) atoms. The van der Waals surface area contributed by atoms with Crippen LogP contribution in [0.2, 0.25) is 0 Å². The van der Waals surface area contributed by atoms with Crippen LogP contribution in [-0.2, 0) is 10.0 Å². The fraction of sp³-hybridized carbons (Fsp3) is 0.231. The number of nitrogens with one attached hydrogen (secondary N) is 1. The zero-order valence-electron chi connectivity index (χ0n) is 19.8. The number of ether oxygens (including phenoxy) is 1. The van der Waals surface area contributed by atoms with Crippen molar-refractivity contribution in [3.63, 3.8) is 0 Å². The second-order valence-corrected chi connectivity index (χ2v) is 10.0. The molecule has 8 nitrogen and oxygen atoms in total. The van der Waals surface area contributed by atoms with Gasteiger partial charge >= 0.3 is 0 Å². The van der Waals surface area contributed by atoms with Crippen LogP contribution in [0.3, 0.4) is 0 Å². The van der Waals surface area contributed by atoms with Crippen molar-refractivity contribution in [3.05, 3.63) is 78.6 Å². The second-order valence-electron chi connectivity index (χ2n) is 8.34. The van der Waals surface area contributed by atoms with Gasteiger partial charge in [-0.3, -0.25) is 4.72 Å². The Labute approximate surface area is 209 Å². The first-order valence-corrected chi connectivity index (χ1v) is 13.2. The Morgan fingerprint density at radius 3 is 2.11 bits per heavy atom. The van der Waals surface area contributed by atoms with Gasteiger partial charge in [0, 0.05) is 31.9 Å². The van der Waals surface area contributed by atoms with Crippen LogP contribution in [0, 0.1) is 5.82 Å². The summed E-state index contributed by atoms with van der Waals surface area (Å²) in [5, 5.41) is 0. The van der Waals surface area contributed by atoms with E-state index >= 15 is 0 Å². The number of sulfonamides is 1. The molecule has 0 atom stereocenters. The smallest absolute Gasteiger partial charge is 0.263 e. The zero-order valence-corrected chi connectivity index (χ0v) is 20.6. The molecule has 0 radical (unpaired) electrons. The van der Waals surface area contributed by atoms with Crippen molar-refractivity contribution in [1.29, 1.82) is 0 Å². The van der Waals surface area contributed by atoms with Crippen LogP contribution < -0.4 is 19.3 Å². The molecule has 1 fully saturated rings. The van der Waals surface area contributed by atoms with Gasteiger partial charge in [0.25, 0.3) is 10.0 Å². The summed E-state index contributed by atoms with van der Waals surface area (Å²) in [6.07, 6.45) is 0. The molecule has 3 aromatic carbocycles. The van der Waals surface area contributed by atoms with Crippen molar-refractivity contribution in [2.24, 2.45) is 0 Å². The lowest BCUT2D eigenvalue weighted by Gasteiger charge is -2.37. The molecule has 0 saturated carbocycles. The average Bonchev–Trinajstić information content (AvgIpc) is 2.89. The molecule has 1 aromatic heterocycles. The molecule has 10 heteroatoms. The highest BCUT2D eigenvalue weighted by molar-refractivity contribution is 7.92. The summed E-state index contributed by atoms with van der Waals surface area (Å²) < 4.78 is 47.8. The summed E-state index contributed by atoms with van der Waals surface area (Å²) in [6.45, 7) is 4.90. The number of aromatic nitrogens is 2. The van der Waals surface area contributed by atoms with Crippen molar-refractivity contribution in [3.8, 4) is 5.75 Å². The van der Waals surface area contributed by atoms with Crippen LogP contribution in [0.1, 0.15) is 6.92 Å². The molecule has 186 valence electrons. The Kier molecular flexibility index (Phi) is 6.60. The zero-order chi connectivity index (χ0) is 25.1. The van der Waals surface area contributed by atoms with E-state index in [-0.39, 0.29) is 16.5 Å². The van der Waals surface area contributed by atoms with Crippen molar-refractivity contribution in [2.45, 2.75) is 11.8 Å². The molecule has 4 aromatic rings. The molecule has 0 aliphatic carbocycles. The van der Waals surface area contributed by atoms with E-state index in [9.17, 15) is 12.8 Å². The maximum absolute atomic E-state index is 13.3. The number of rotatable bonds is 7. The Hall–Kier alpha value is -3.92. The molecule has 0 amide bonds. The fourth-order valence-corrected chi connectivity index (χ4v) is 5.18. The fourth-order valence-electron chi connectivity index (χ4n) is 4.18. The molecule has 1 aliphatic heterocycles. The normalized spacial score (nSPS) is 14.2. The summed E-state index contributed by atoms with van der Waals surface area (Å²) in [6, 6.07) is 20.0.